The molecule has 4 heteroatoms. The zero-order chi connectivity index (χ0) is 10.4. The van der Waals surface area contributed by atoms with Crippen LogP contribution in [0.1, 0.15) is 27.2 Å². The van der Waals surface area contributed by atoms with Crippen molar-refractivity contribution in [3.8, 4) is 6.07 Å². The molecule has 2 atom stereocenters. The molecule has 0 saturated carbocycles. The van der Waals surface area contributed by atoms with Crippen LogP contribution in [0.15, 0.2) is 0 Å². The zero-order valence-electron chi connectivity index (χ0n) is 8.37. The van der Waals surface area contributed by atoms with E-state index < -0.39 is 6.04 Å². The highest BCUT2D eigenvalue weighted by Crippen LogP contribution is 1.99. The molecule has 0 heterocycles. The molecule has 0 radical (unpaired) electrons. The summed E-state index contributed by atoms with van der Waals surface area (Å²) >= 11 is 0. The Labute approximate surface area is 79.1 Å². The number of nitrogens with one attached hydrogen (secondary N) is 1. The summed E-state index contributed by atoms with van der Waals surface area (Å²) in [5.74, 6) is -0.0629. The van der Waals surface area contributed by atoms with Crippen molar-refractivity contribution in [2.45, 2.75) is 39.3 Å². The van der Waals surface area contributed by atoms with Crippen molar-refractivity contribution in [3.63, 3.8) is 0 Å². The third-order valence-electron chi connectivity index (χ3n) is 1.81. The average Bonchev–Trinajstić information content (AvgIpc) is 2.03. The van der Waals surface area contributed by atoms with Crippen LogP contribution in [0.5, 0.6) is 0 Å². The van der Waals surface area contributed by atoms with Crippen LogP contribution in [0, 0.1) is 17.2 Å². The second-order valence-corrected chi connectivity index (χ2v) is 3.54. The highest BCUT2D eigenvalue weighted by Gasteiger charge is 2.18. The molecule has 0 aliphatic rings. The molecule has 0 aliphatic carbocycles. The Bertz CT molecular complexity index is 207. The van der Waals surface area contributed by atoms with Gasteiger partial charge >= 0.3 is 0 Å². The second kappa shape index (κ2) is 5.55. The first-order chi connectivity index (χ1) is 5.99. The number of rotatable bonds is 4. The Morgan fingerprint density at radius 2 is 2.08 bits per heavy atom. The lowest BCUT2D eigenvalue weighted by Gasteiger charge is -2.17. The lowest BCUT2D eigenvalue weighted by molar-refractivity contribution is -0.123. The van der Waals surface area contributed by atoms with Gasteiger partial charge in [-0.1, -0.05) is 13.8 Å². The van der Waals surface area contributed by atoms with E-state index in [0.717, 1.165) is 0 Å². The van der Waals surface area contributed by atoms with E-state index in [-0.39, 0.29) is 17.9 Å². The lowest BCUT2D eigenvalue weighted by Crippen LogP contribution is -2.46. The molecule has 0 aromatic rings. The number of nitriles is 1. The van der Waals surface area contributed by atoms with E-state index in [0.29, 0.717) is 6.42 Å². The number of amides is 1. The molecule has 0 aromatic heterocycles. The first-order valence-corrected chi connectivity index (χ1v) is 4.42. The second-order valence-electron chi connectivity index (χ2n) is 3.54. The minimum atomic E-state index is -0.485. The van der Waals surface area contributed by atoms with Gasteiger partial charge in [0.1, 0.15) is 0 Å². The largest absolute Gasteiger partial charge is 0.351 e. The van der Waals surface area contributed by atoms with Gasteiger partial charge in [-0.25, -0.2) is 0 Å². The SMILES string of the molecule is CC(CC#N)NC(=O)[C@@H](N)C(C)C. The van der Waals surface area contributed by atoms with Crippen LogP contribution >= 0.6 is 0 Å². The van der Waals surface area contributed by atoms with Gasteiger partial charge < -0.3 is 11.1 Å². The third-order valence-corrected chi connectivity index (χ3v) is 1.81. The minimum absolute atomic E-state index is 0.120. The smallest absolute Gasteiger partial charge is 0.237 e. The topological polar surface area (TPSA) is 78.9 Å². The molecule has 4 nitrogen and oxygen atoms in total. The highest BCUT2D eigenvalue weighted by atomic mass is 16.2. The molecule has 0 bridgehead atoms. The normalized spacial score (nSPS) is 14.8. The quantitative estimate of drug-likeness (QED) is 0.661. The van der Waals surface area contributed by atoms with Crippen molar-refractivity contribution in [2.75, 3.05) is 0 Å². The molecule has 0 aromatic carbocycles. The molecular formula is C9H17N3O. The lowest BCUT2D eigenvalue weighted by atomic mass is 10.0. The molecule has 74 valence electrons. The Hall–Kier alpha value is -1.08. The van der Waals surface area contributed by atoms with E-state index in [1.807, 2.05) is 19.9 Å². The van der Waals surface area contributed by atoms with E-state index in [1.165, 1.54) is 0 Å². The fourth-order valence-corrected chi connectivity index (χ4v) is 0.830. The molecule has 0 rings (SSSR count). The predicted molar refractivity (Wildman–Crippen MR) is 50.6 cm³/mol. The van der Waals surface area contributed by atoms with Crippen LogP contribution in [0.2, 0.25) is 0 Å². The van der Waals surface area contributed by atoms with Crippen molar-refractivity contribution in [3.05, 3.63) is 0 Å². The summed E-state index contributed by atoms with van der Waals surface area (Å²) in [6.07, 6.45) is 0.316. The summed E-state index contributed by atoms with van der Waals surface area (Å²) in [5, 5.41) is 11.0. The molecular weight excluding hydrogens is 166 g/mol. The highest BCUT2D eigenvalue weighted by molar-refractivity contribution is 5.81. The van der Waals surface area contributed by atoms with E-state index in [1.54, 1.807) is 6.92 Å². The van der Waals surface area contributed by atoms with Gasteiger partial charge in [-0.3, -0.25) is 4.79 Å². The third kappa shape index (κ3) is 4.48. The monoisotopic (exact) mass is 183 g/mol. The average molecular weight is 183 g/mol. The van der Waals surface area contributed by atoms with E-state index in [4.69, 9.17) is 11.0 Å². The predicted octanol–water partition coefficient (Wildman–Crippen LogP) is 0.388. The van der Waals surface area contributed by atoms with Gasteiger partial charge in [0, 0.05) is 6.04 Å². The van der Waals surface area contributed by atoms with Crippen LogP contribution in [-0.4, -0.2) is 18.0 Å². The summed E-state index contributed by atoms with van der Waals surface area (Å²) in [4.78, 5) is 11.3. The van der Waals surface area contributed by atoms with Gasteiger partial charge in [0.15, 0.2) is 0 Å². The molecule has 13 heavy (non-hydrogen) atoms. The maximum Gasteiger partial charge on any atom is 0.237 e. The Morgan fingerprint density at radius 1 is 1.54 bits per heavy atom. The number of carbonyl (C=O) groups excluding carboxylic acids is 1. The van der Waals surface area contributed by atoms with E-state index in [9.17, 15) is 4.79 Å². The number of nitrogens with zero attached hydrogens (tertiary/aromatic N) is 1. The molecule has 0 fully saturated rings. The Balaban J connectivity index is 3.94. The number of hydrogen-bond donors (Lipinski definition) is 2. The van der Waals surface area contributed by atoms with Gasteiger partial charge in [-0.05, 0) is 12.8 Å². The molecule has 1 unspecified atom stereocenters. The minimum Gasteiger partial charge on any atom is -0.351 e. The van der Waals surface area contributed by atoms with E-state index >= 15 is 0 Å². The molecule has 3 N–H and O–H groups in total. The van der Waals surface area contributed by atoms with Crippen molar-refractivity contribution in [1.82, 2.24) is 5.32 Å². The standard InChI is InChI=1S/C9H17N3O/c1-6(2)8(11)9(13)12-7(3)4-5-10/h6-8H,4,11H2,1-3H3,(H,12,13)/t7?,8-/m0/s1. The first kappa shape index (κ1) is 11.9. The number of hydrogen-bond acceptors (Lipinski definition) is 3. The van der Waals surface area contributed by atoms with Gasteiger partial charge in [-0.2, -0.15) is 5.26 Å². The molecule has 0 saturated heterocycles. The van der Waals surface area contributed by atoms with Crippen molar-refractivity contribution < 1.29 is 4.79 Å². The van der Waals surface area contributed by atoms with Crippen molar-refractivity contribution in [2.24, 2.45) is 11.7 Å². The van der Waals surface area contributed by atoms with Crippen LogP contribution in [0.4, 0.5) is 0 Å². The number of nitrogens with two attached hydrogens (primary N) is 1. The van der Waals surface area contributed by atoms with Crippen LogP contribution in [-0.2, 0) is 4.79 Å². The Morgan fingerprint density at radius 3 is 2.46 bits per heavy atom. The fourth-order valence-electron chi connectivity index (χ4n) is 0.830. The first-order valence-electron chi connectivity index (χ1n) is 4.42. The summed E-state index contributed by atoms with van der Waals surface area (Å²) in [5.41, 5.74) is 5.61. The summed E-state index contributed by atoms with van der Waals surface area (Å²) in [6, 6.07) is 1.38. The maximum absolute atomic E-state index is 11.3. The van der Waals surface area contributed by atoms with Crippen LogP contribution in [0.3, 0.4) is 0 Å². The maximum atomic E-state index is 11.3. The number of carbonyl (C=O) groups is 1. The zero-order valence-corrected chi connectivity index (χ0v) is 8.37. The van der Waals surface area contributed by atoms with Gasteiger partial charge in [0.2, 0.25) is 5.91 Å². The Kier molecular flexibility index (Phi) is 5.09. The van der Waals surface area contributed by atoms with Gasteiger partial charge in [0.25, 0.3) is 0 Å². The van der Waals surface area contributed by atoms with Crippen molar-refractivity contribution >= 4 is 5.91 Å². The molecule has 1 amide bonds. The summed E-state index contributed by atoms with van der Waals surface area (Å²) < 4.78 is 0. The molecule has 0 spiro atoms. The van der Waals surface area contributed by atoms with Gasteiger partial charge in [0.05, 0.1) is 18.5 Å². The summed E-state index contributed by atoms with van der Waals surface area (Å²) in [7, 11) is 0. The van der Waals surface area contributed by atoms with Gasteiger partial charge in [-0.15, -0.1) is 0 Å². The van der Waals surface area contributed by atoms with Crippen LogP contribution in [0.25, 0.3) is 0 Å². The van der Waals surface area contributed by atoms with Crippen molar-refractivity contribution in [1.29, 1.82) is 5.26 Å². The van der Waals surface area contributed by atoms with Crippen LogP contribution < -0.4 is 11.1 Å². The van der Waals surface area contributed by atoms with E-state index in [2.05, 4.69) is 5.32 Å². The molecule has 0 aliphatic heterocycles. The fraction of sp³-hybridized carbons (Fsp3) is 0.778. The summed E-state index contributed by atoms with van der Waals surface area (Å²) in [6.45, 7) is 5.56.